The second-order valence-electron chi connectivity index (χ2n) is 6.13. The molecule has 3 aromatic rings. The van der Waals surface area contributed by atoms with Crippen molar-refractivity contribution in [2.45, 2.75) is 19.4 Å². The molecule has 0 aliphatic carbocycles. The summed E-state index contributed by atoms with van der Waals surface area (Å²) in [7, 11) is 1.73. The van der Waals surface area contributed by atoms with Crippen LogP contribution < -0.4 is 10.3 Å². The maximum atomic E-state index is 12.5. The zero-order valence-corrected chi connectivity index (χ0v) is 13.6. The van der Waals surface area contributed by atoms with Crippen LogP contribution in [0.15, 0.2) is 41.2 Å². The van der Waals surface area contributed by atoms with E-state index in [0.29, 0.717) is 29.8 Å². The monoisotopic (exact) mass is 322 g/mol. The first-order valence-electron chi connectivity index (χ1n) is 7.98. The second kappa shape index (κ2) is 5.46. The summed E-state index contributed by atoms with van der Waals surface area (Å²) < 4.78 is 7.15. The molecule has 5 heteroatoms. The predicted octanol–water partition coefficient (Wildman–Crippen LogP) is 2.72. The van der Waals surface area contributed by atoms with E-state index in [1.165, 1.54) is 0 Å². The lowest BCUT2D eigenvalue weighted by Gasteiger charge is -2.23. The van der Waals surface area contributed by atoms with Gasteiger partial charge in [-0.3, -0.25) is 9.36 Å². The lowest BCUT2D eigenvalue weighted by Crippen LogP contribution is -2.20. The quantitative estimate of drug-likeness (QED) is 0.748. The van der Waals surface area contributed by atoms with Crippen LogP contribution in [0.3, 0.4) is 0 Å². The fourth-order valence-corrected chi connectivity index (χ4v) is 3.18. The Hall–Kier alpha value is -2.66. The van der Waals surface area contributed by atoms with Crippen molar-refractivity contribution >= 4 is 10.9 Å². The van der Waals surface area contributed by atoms with E-state index in [0.717, 1.165) is 22.4 Å². The van der Waals surface area contributed by atoms with Gasteiger partial charge in [0.25, 0.3) is 5.56 Å². The highest BCUT2D eigenvalue weighted by molar-refractivity contribution is 5.93. The molecule has 24 heavy (non-hydrogen) atoms. The highest BCUT2D eigenvalue weighted by Crippen LogP contribution is 2.36. The third kappa shape index (κ3) is 2.20. The van der Waals surface area contributed by atoms with Crippen LogP contribution in [0.2, 0.25) is 0 Å². The third-order valence-electron chi connectivity index (χ3n) is 4.66. The van der Waals surface area contributed by atoms with Crippen molar-refractivity contribution in [1.29, 1.82) is 0 Å². The summed E-state index contributed by atoms with van der Waals surface area (Å²) >= 11 is 0. The van der Waals surface area contributed by atoms with Gasteiger partial charge in [-0.05, 0) is 30.7 Å². The van der Waals surface area contributed by atoms with Gasteiger partial charge < -0.3 is 9.84 Å². The molecule has 122 valence electrons. The number of aliphatic hydroxyl groups excluding tert-OH is 1. The molecule has 0 radical (unpaired) electrons. The first kappa shape index (κ1) is 14.9. The van der Waals surface area contributed by atoms with Gasteiger partial charge in [-0.2, -0.15) is 0 Å². The minimum atomic E-state index is -0.522. The van der Waals surface area contributed by atoms with Crippen LogP contribution in [-0.4, -0.2) is 21.3 Å². The van der Waals surface area contributed by atoms with Crippen molar-refractivity contribution < 1.29 is 9.84 Å². The average Bonchev–Trinajstić information content (AvgIpc) is 2.60. The number of benzene rings is 2. The van der Waals surface area contributed by atoms with Crippen molar-refractivity contribution in [2.24, 2.45) is 7.05 Å². The molecule has 0 amide bonds. The van der Waals surface area contributed by atoms with E-state index in [1.807, 2.05) is 37.3 Å². The number of aryl methyl sites for hydroxylation is 1. The number of aliphatic hydroxyl groups is 1. The molecule has 5 nitrogen and oxygen atoms in total. The highest BCUT2D eigenvalue weighted by atomic mass is 16.5. The highest BCUT2D eigenvalue weighted by Gasteiger charge is 2.20. The number of para-hydroxylation sites is 1. The Kier molecular flexibility index (Phi) is 3.39. The van der Waals surface area contributed by atoms with E-state index in [4.69, 9.17) is 4.74 Å². The average molecular weight is 322 g/mol. The van der Waals surface area contributed by atoms with E-state index < -0.39 is 6.10 Å². The Balaban J connectivity index is 1.98. The molecular formula is C19H18N2O3. The molecule has 0 spiro atoms. The van der Waals surface area contributed by atoms with Gasteiger partial charge in [-0.25, -0.2) is 4.98 Å². The number of hydrogen-bond acceptors (Lipinski definition) is 4. The van der Waals surface area contributed by atoms with Crippen LogP contribution >= 0.6 is 0 Å². The molecule has 0 saturated carbocycles. The van der Waals surface area contributed by atoms with Gasteiger partial charge in [0, 0.05) is 24.6 Å². The first-order chi connectivity index (χ1) is 11.6. The number of aromatic nitrogens is 2. The molecule has 2 heterocycles. The zero-order chi connectivity index (χ0) is 16.8. The smallest absolute Gasteiger partial charge is 0.261 e. The van der Waals surface area contributed by atoms with Crippen LogP contribution in [-0.2, 0) is 7.05 Å². The largest absolute Gasteiger partial charge is 0.493 e. The SMILES string of the molecule is Cc1nc2c(-c3ccc4c(c3)[C@H](O)CCO4)cccc2c(=O)n1C. The molecule has 4 rings (SSSR count). The second-order valence-corrected chi connectivity index (χ2v) is 6.13. The summed E-state index contributed by atoms with van der Waals surface area (Å²) in [6.45, 7) is 2.35. The van der Waals surface area contributed by atoms with Crippen molar-refractivity contribution in [2.75, 3.05) is 6.61 Å². The summed E-state index contributed by atoms with van der Waals surface area (Å²) in [6, 6.07) is 11.4. The Labute approximate surface area is 139 Å². The van der Waals surface area contributed by atoms with E-state index in [9.17, 15) is 9.90 Å². The molecule has 1 aliphatic rings. The maximum Gasteiger partial charge on any atom is 0.261 e. The van der Waals surface area contributed by atoms with Gasteiger partial charge in [0.1, 0.15) is 11.6 Å². The van der Waals surface area contributed by atoms with Gasteiger partial charge in [0.05, 0.1) is 23.6 Å². The van der Waals surface area contributed by atoms with E-state index in [-0.39, 0.29) is 5.56 Å². The molecule has 1 N–H and O–H groups in total. The van der Waals surface area contributed by atoms with Crippen molar-refractivity contribution in [3.63, 3.8) is 0 Å². The van der Waals surface area contributed by atoms with Crippen LogP contribution in [0, 0.1) is 6.92 Å². The normalized spacial score (nSPS) is 16.7. The fraction of sp³-hybridized carbons (Fsp3) is 0.263. The number of rotatable bonds is 1. The Morgan fingerprint density at radius 3 is 2.96 bits per heavy atom. The standard InChI is InChI=1S/C19H18N2O3/c1-11-20-18-13(4-3-5-14(18)19(23)21(11)2)12-6-7-17-15(10-12)16(22)8-9-24-17/h3-7,10,16,22H,8-9H2,1-2H3/t16-/m1/s1. The van der Waals surface area contributed by atoms with Gasteiger partial charge >= 0.3 is 0 Å². The summed E-state index contributed by atoms with van der Waals surface area (Å²) in [6.07, 6.45) is 0.0652. The maximum absolute atomic E-state index is 12.5. The van der Waals surface area contributed by atoms with Crippen molar-refractivity contribution in [1.82, 2.24) is 9.55 Å². The molecule has 1 aromatic heterocycles. The van der Waals surface area contributed by atoms with Gasteiger partial charge in [-0.1, -0.05) is 18.2 Å². The Bertz CT molecular complexity index is 1010. The molecule has 1 aliphatic heterocycles. The van der Waals surface area contributed by atoms with Crippen molar-refractivity contribution in [3.8, 4) is 16.9 Å². The topological polar surface area (TPSA) is 64.4 Å². The third-order valence-corrected chi connectivity index (χ3v) is 4.66. The molecule has 0 fully saturated rings. The number of fused-ring (bicyclic) bond motifs is 2. The van der Waals surface area contributed by atoms with E-state index in [1.54, 1.807) is 17.7 Å². The molecule has 2 aromatic carbocycles. The Morgan fingerprint density at radius 1 is 1.29 bits per heavy atom. The molecule has 0 saturated heterocycles. The van der Waals surface area contributed by atoms with E-state index in [2.05, 4.69) is 4.98 Å². The van der Waals surface area contributed by atoms with Crippen LogP contribution in [0.25, 0.3) is 22.0 Å². The minimum Gasteiger partial charge on any atom is -0.493 e. The molecule has 0 bridgehead atoms. The molecule has 1 atom stereocenters. The van der Waals surface area contributed by atoms with Gasteiger partial charge in [-0.15, -0.1) is 0 Å². The predicted molar refractivity (Wildman–Crippen MR) is 92.2 cm³/mol. The van der Waals surface area contributed by atoms with Crippen molar-refractivity contribution in [3.05, 3.63) is 58.1 Å². The summed E-state index contributed by atoms with van der Waals surface area (Å²) in [4.78, 5) is 17.1. The minimum absolute atomic E-state index is 0.0549. The van der Waals surface area contributed by atoms with Crippen LogP contribution in [0.5, 0.6) is 5.75 Å². The van der Waals surface area contributed by atoms with Gasteiger partial charge in [0.15, 0.2) is 0 Å². The van der Waals surface area contributed by atoms with Gasteiger partial charge in [0.2, 0.25) is 0 Å². The molecular weight excluding hydrogens is 304 g/mol. The zero-order valence-electron chi connectivity index (χ0n) is 13.6. The fourth-order valence-electron chi connectivity index (χ4n) is 3.18. The van der Waals surface area contributed by atoms with Crippen LogP contribution in [0.1, 0.15) is 23.9 Å². The van der Waals surface area contributed by atoms with Crippen LogP contribution in [0.4, 0.5) is 0 Å². The number of ether oxygens (including phenoxy) is 1. The lowest BCUT2D eigenvalue weighted by atomic mass is 9.96. The summed E-state index contributed by atoms with van der Waals surface area (Å²) in [5.41, 5.74) is 3.22. The number of nitrogens with zero attached hydrogens (tertiary/aromatic N) is 2. The van der Waals surface area contributed by atoms with E-state index >= 15 is 0 Å². The lowest BCUT2D eigenvalue weighted by molar-refractivity contribution is 0.115. The summed E-state index contributed by atoms with van der Waals surface area (Å²) in [5, 5.41) is 10.8. The Morgan fingerprint density at radius 2 is 2.12 bits per heavy atom. The summed E-state index contributed by atoms with van der Waals surface area (Å²) in [5.74, 6) is 1.39. The first-order valence-corrected chi connectivity index (χ1v) is 7.98. The number of hydrogen-bond donors (Lipinski definition) is 1. The molecule has 0 unspecified atom stereocenters.